The second-order valence-corrected chi connectivity index (χ2v) is 6.10. The number of rotatable bonds is 5. The van der Waals surface area contributed by atoms with Crippen molar-refractivity contribution in [3.63, 3.8) is 0 Å². The highest BCUT2D eigenvalue weighted by Gasteiger charge is 2.28. The van der Waals surface area contributed by atoms with Crippen LogP contribution in [0.4, 0.5) is 11.4 Å². The normalized spacial score (nSPS) is 18.0. The number of ether oxygens (including phenoxy) is 1. The van der Waals surface area contributed by atoms with Gasteiger partial charge in [0.1, 0.15) is 5.75 Å². The molecular weight excluding hydrogens is 252 g/mol. The lowest BCUT2D eigenvalue weighted by Gasteiger charge is -2.32. The molecule has 0 saturated heterocycles. The molecule has 0 aromatic heterocycles. The highest BCUT2D eigenvalue weighted by Crippen LogP contribution is 2.29. The minimum Gasteiger partial charge on any atom is -0.491 e. The molecule has 1 aromatic carbocycles. The molecular formula is C16H26N2O2. The second-order valence-electron chi connectivity index (χ2n) is 6.10. The molecule has 0 atom stereocenters. The number of aliphatic hydroxyl groups is 1. The van der Waals surface area contributed by atoms with Crippen LogP contribution in [0.15, 0.2) is 18.2 Å². The van der Waals surface area contributed by atoms with E-state index in [1.54, 1.807) is 0 Å². The molecule has 2 rings (SSSR count). The van der Waals surface area contributed by atoms with Crippen LogP contribution in [-0.2, 0) is 0 Å². The van der Waals surface area contributed by atoms with Gasteiger partial charge in [-0.25, -0.2) is 0 Å². The fourth-order valence-electron chi connectivity index (χ4n) is 2.72. The highest BCUT2D eigenvalue weighted by atomic mass is 16.5. The Balaban J connectivity index is 1.99. The van der Waals surface area contributed by atoms with E-state index in [9.17, 15) is 5.11 Å². The maximum Gasteiger partial charge on any atom is 0.123 e. The smallest absolute Gasteiger partial charge is 0.123 e. The lowest BCUT2D eigenvalue weighted by Crippen LogP contribution is -2.38. The number of nitrogen functional groups attached to an aromatic ring is 1. The van der Waals surface area contributed by atoms with Crippen molar-refractivity contribution in [2.45, 2.75) is 57.7 Å². The van der Waals surface area contributed by atoms with E-state index in [4.69, 9.17) is 10.5 Å². The van der Waals surface area contributed by atoms with E-state index in [1.165, 1.54) is 6.42 Å². The molecule has 4 nitrogen and oxygen atoms in total. The first-order valence-corrected chi connectivity index (χ1v) is 7.50. The average Bonchev–Trinajstić information content (AvgIpc) is 2.36. The Morgan fingerprint density at radius 1 is 1.25 bits per heavy atom. The van der Waals surface area contributed by atoms with Gasteiger partial charge in [0.05, 0.1) is 11.7 Å². The Labute approximate surface area is 121 Å². The van der Waals surface area contributed by atoms with Gasteiger partial charge in [-0.1, -0.05) is 19.3 Å². The zero-order valence-corrected chi connectivity index (χ0v) is 12.5. The van der Waals surface area contributed by atoms with Gasteiger partial charge in [-0.15, -0.1) is 0 Å². The van der Waals surface area contributed by atoms with Gasteiger partial charge in [-0.05, 0) is 32.8 Å². The lowest BCUT2D eigenvalue weighted by molar-refractivity contribution is 0.0167. The third-order valence-electron chi connectivity index (χ3n) is 3.71. The van der Waals surface area contributed by atoms with Gasteiger partial charge >= 0.3 is 0 Å². The monoisotopic (exact) mass is 278 g/mol. The molecule has 0 unspecified atom stereocenters. The summed E-state index contributed by atoms with van der Waals surface area (Å²) in [6.45, 7) is 4.54. The number of nitrogens with two attached hydrogens (primary N) is 1. The van der Waals surface area contributed by atoms with Crippen molar-refractivity contribution in [2.75, 3.05) is 17.6 Å². The summed E-state index contributed by atoms with van der Waals surface area (Å²) < 4.78 is 5.67. The maximum absolute atomic E-state index is 10.5. The molecule has 112 valence electrons. The van der Waals surface area contributed by atoms with E-state index >= 15 is 0 Å². The Bertz CT molecular complexity index is 440. The van der Waals surface area contributed by atoms with Crippen molar-refractivity contribution in [3.8, 4) is 5.75 Å². The molecule has 20 heavy (non-hydrogen) atoms. The number of benzene rings is 1. The van der Waals surface area contributed by atoms with Gasteiger partial charge in [-0.3, -0.25) is 0 Å². The topological polar surface area (TPSA) is 67.5 Å². The summed E-state index contributed by atoms with van der Waals surface area (Å²) in [6.07, 6.45) is 5.31. The summed E-state index contributed by atoms with van der Waals surface area (Å²) in [4.78, 5) is 0. The van der Waals surface area contributed by atoms with Crippen LogP contribution in [0.25, 0.3) is 0 Å². The fourth-order valence-corrected chi connectivity index (χ4v) is 2.72. The molecule has 4 heteroatoms. The molecule has 1 aliphatic rings. The molecule has 1 fully saturated rings. The van der Waals surface area contributed by atoms with E-state index in [1.807, 2.05) is 32.0 Å². The van der Waals surface area contributed by atoms with E-state index in [0.717, 1.165) is 37.1 Å². The molecule has 0 radical (unpaired) electrons. The van der Waals surface area contributed by atoms with Crippen molar-refractivity contribution in [2.24, 2.45) is 0 Å². The summed E-state index contributed by atoms with van der Waals surface area (Å²) in [6, 6.07) is 5.63. The van der Waals surface area contributed by atoms with Crippen LogP contribution in [-0.4, -0.2) is 23.4 Å². The number of anilines is 2. The first-order valence-electron chi connectivity index (χ1n) is 7.50. The summed E-state index contributed by atoms with van der Waals surface area (Å²) in [7, 11) is 0. The van der Waals surface area contributed by atoms with Gasteiger partial charge in [0.2, 0.25) is 0 Å². The molecule has 1 aromatic rings. The molecule has 0 amide bonds. The van der Waals surface area contributed by atoms with Crippen LogP contribution >= 0.6 is 0 Å². The zero-order chi connectivity index (χ0) is 14.6. The van der Waals surface area contributed by atoms with Crippen molar-refractivity contribution in [1.82, 2.24) is 0 Å². The van der Waals surface area contributed by atoms with Crippen molar-refractivity contribution in [1.29, 1.82) is 0 Å². The number of hydrogen-bond acceptors (Lipinski definition) is 4. The Hall–Kier alpha value is -1.42. The summed E-state index contributed by atoms with van der Waals surface area (Å²) in [5.41, 5.74) is 6.88. The first-order chi connectivity index (χ1) is 9.47. The van der Waals surface area contributed by atoms with Crippen LogP contribution in [0, 0.1) is 0 Å². The molecule has 0 spiro atoms. The van der Waals surface area contributed by atoms with Crippen molar-refractivity contribution < 1.29 is 9.84 Å². The predicted molar refractivity (Wildman–Crippen MR) is 83.1 cm³/mol. The van der Waals surface area contributed by atoms with Crippen molar-refractivity contribution >= 4 is 11.4 Å². The quantitative estimate of drug-likeness (QED) is 0.724. The predicted octanol–water partition coefficient (Wildman–Crippen LogP) is 3.16. The third kappa shape index (κ3) is 4.30. The van der Waals surface area contributed by atoms with Crippen molar-refractivity contribution in [3.05, 3.63) is 18.2 Å². The van der Waals surface area contributed by atoms with E-state index in [0.29, 0.717) is 12.2 Å². The summed E-state index contributed by atoms with van der Waals surface area (Å²) in [5, 5.41) is 13.8. The SMILES string of the molecule is CC(C)Oc1cc(N)cc(NCC2(O)CCCCC2)c1. The van der Waals surface area contributed by atoms with Gasteiger partial charge in [0.25, 0.3) is 0 Å². The van der Waals surface area contributed by atoms with Crippen LogP contribution < -0.4 is 15.8 Å². The Morgan fingerprint density at radius 2 is 1.95 bits per heavy atom. The second kappa shape index (κ2) is 6.35. The fraction of sp³-hybridized carbons (Fsp3) is 0.625. The van der Waals surface area contributed by atoms with E-state index in [2.05, 4.69) is 5.32 Å². The molecule has 0 bridgehead atoms. The lowest BCUT2D eigenvalue weighted by atomic mass is 9.85. The van der Waals surface area contributed by atoms with E-state index in [-0.39, 0.29) is 6.10 Å². The molecule has 1 saturated carbocycles. The number of hydrogen-bond donors (Lipinski definition) is 3. The molecule has 1 aliphatic carbocycles. The minimum absolute atomic E-state index is 0.118. The highest BCUT2D eigenvalue weighted by molar-refractivity contribution is 5.59. The zero-order valence-electron chi connectivity index (χ0n) is 12.5. The average molecular weight is 278 g/mol. The Morgan fingerprint density at radius 3 is 2.60 bits per heavy atom. The van der Waals surface area contributed by atoms with E-state index < -0.39 is 5.60 Å². The van der Waals surface area contributed by atoms with Gasteiger partial charge < -0.3 is 20.9 Å². The molecule has 0 aliphatic heterocycles. The largest absolute Gasteiger partial charge is 0.491 e. The van der Waals surface area contributed by atoms with Gasteiger partial charge in [0.15, 0.2) is 0 Å². The first kappa shape index (κ1) is 15.0. The minimum atomic E-state index is -0.581. The molecule has 0 heterocycles. The molecule has 4 N–H and O–H groups in total. The Kier molecular flexibility index (Phi) is 4.76. The summed E-state index contributed by atoms with van der Waals surface area (Å²) >= 11 is 0. The van der Waals surface area contributed by atoms with Crippen LogP contribution in [0.3, 0.4) is 0 Å². The maximum atomic E-state index is 10.5. The number of nitrogens with one attached hydrogen (secondary N) is 1. The third-order valence-corrected chi connectivity index (χ3v) is 3.71. The standard InChI is InChI=1S/C16H26N2O2/c1-12(2)20-15-9-13(17)8-14(10-15)18-11-16(19)6-4-3-5-7-16/h8-10,12,18-19H,3-7,11,17H2,1-2H3. The van der Waals surface area contributed by atoms with Gasteiger partial charge in [0, 0.05) is 30.1 Å². The van der Waals surface area contributed by atoms with Crippen LogP contribution in [0.1, 0.15) is 46.0 Å². The summed E-state index contributed by atoms with van der Waals surface area (Å²) in [5.74, 6) is 0.762. The van der Waals surface area contributed by atoms with Gasteiger partial charge in [-0.2, -0.15) is 0 Å². The van der Waals surface area contributed by atoms with Crippen LogP contribution in [0.5, 0.6) is 5.75 Å². The van der Waals surface area contributed by atoms with Crippen LogP contribution in [0.2, 0.25) is 0 Å².